The summed E-state index contributed by atoms with van der Waals surface area (Å²) in [5.41, 5.74) is 8.16. The molecule has 178 valence electrons. The average Bonchev–Trinajstić information content (AvgIpc) is 3.23. The van der Waals surface area contributed by atoms with E-state index < -0.39 is 0 Å². The predicted molar refractivity (Wildman–Crippen MR) is 136 cm³/mol. The van der Waals surface area contributed by atoms with Crippen molar-refractivity contribution in [1.29, 1.82) is 0 Å². The monoisotopic (exact) mass is 459 g/mol. The molecule has 3 aromatic rings. The van der Waals surface area contributed by atoms with E-state index in [1.54, 1.807) is 0 Å². The van der Waals surface area contributed by atoms with Crippen LogP contribution in [0.1, 0.15) is 41.5 Å². The first-order chi connectivity index (χ1) is 16.6. The van der Waals surface area contributed by atoms with Gasteiger partial charge in [0.2, 0.25) is 0 Å². The van der Waals surface area contributed by atoms with Gasteiger partial charge in [-0.05, 0) is 72.9 Å². The minimum atomic E-state index is 0.172. The number of carbonyl (C=O) groups is 1. The Hall–Kier alpha value is -3.31. The van der Waals surface area contributed by atoms with Crippen LogP contribution in [0.2, 0.25) is 0 Å². The highest BCUT2D eigenvalue weighted by Gasteiger charge is 2.23. The number of hydrogen-bond acceptors (Lipinski definition) is 5. The van der Waals surface area contributed by atoms with Gasteiger partial charge in [-0.3, -0.25) is 0 Å². The highest BCUT2D eigenvalue weighted by molar-refractivity contribution is 5.72. The number of benzene rings is 3. The van der Waals surface area contributed by atoms with Crippen molar-refractivity contribution in [3.63, 3.8) is 0 Å². The normalized spacial score (nSPS) is 14.4. The highest BCUT2D eigenvalue weighted by Crippen LogP contribution is 2.37. The van der Waals surface area contributed by atoms with Gasteiger partial charge in [0.25, 0.3) is 0 Å². The average molecular weight is 460 g/mol. The van der Waals surface area contributed by atoms with Crippen LogP contribution in [0.3, 0.4) is 0 Å². The summed E-state index contributed by atoms with van der Waals surface area (Å²) in [5.74, 6) is 1.93. The van der Waals surface area contributed by atoms with Gasteiger partial charge < -0.3 is 24.3 Å². The van der Waals surface area contributed by atoms with Gasteiger partial charge in [-0.2, -0.15) is 0 Å². The van der Waals surface area contributed by atoms with Crippen molar-refractivity contribution < 1.29 is 19.0 Å². The predicted octanol–water partition coefficient (Wildman–Crippen LogP) is 6.06. The second kappa shape index (κ2) is 11.2. The molecule has 0 bridgehead atoms. The molecule has 4 rings (SSSR count). The molecule has 0 amide bonds. The molecule has 5 nitrogen and oxygen atoms in total. The Bertz CT molecular complexity index is 1120. The number of hydrogen-bond donors (Lipinski definition) is 1. The fraction of sp³-hybridized carbons (Fsp3) is 0.345. The zero-order chi connectivity index (χ0) is 23.9. The molecular formula is C29H33NO4. The van der Waals surface area contributed by atoms with Crippen LogP contribution in [-0.2, 0) is 16.1 Å². The molecule has 3 aromatic carbocycles. The Labute approximate surface area is 202 Å². The molecule has 5 heteroatoms. The van der Waals surface area contributed by atoms with Crippen LogP contribution in [0.4, 0.5) is 5.69 Å². The van der Waals surface area contributed by atoms with Gasteiger partial charge in [0.1, 0.15) is 24.4 Å². The lowest BCUT2D eigenvalue weighted by atomic mass is 9.94. The molecule has 1 aliphatic heterocycles. The molecule has 1 unspecified atom stereocenters. The number of carbonyl (C=O) groups excluding carboxylic acids is 1. The summed E-state index contributed by atoms with van der Waals surface area (Å²) in [6.45, 7) is 9.39. The second-order valence-electron chi connectivity index (χ2n) is 8.69. The Kier molecular flexibility index (Phi) is 7.86. The van der Waals surface area contributed by atoms with Crippen molar-refractivity contribution in [3.8, 4) is 22.6 Å². The van der Waals surface area contributed by atoms with Crippen LogP contribution in [0.5, 0.6) is 11.5 Å². The number of aldehydes is 1. The largest absolute Gasteiger partial charge is 0.493 e. The van der Waals surface area contributed by atoms with Crippen molar-refractivity contribution in [1.82, 2.24) is 0 Å². The second-order valence-corrected chi connectivity index (χ2v) is 8.69. The van der Waals surface area contributed by atoms with E-state index in [-0.39, 0.29) is 5.92 Å². The van der Waals surface area contributed by atoms with Crippen LogP contribution in [-0.4, -0.2) is 32.7 Å². The smallest absolute Gasteiger partial charge is 0.124 e. The molecule has 1 heterocycles. The fourth-order valence-corrected chi connectivity index (χ4v) is 4.56. The molecule has 0 saturated carbocycles. The van der Waals surface area contributed by atoms with Crippen LogP contribution in [0.15, 0.2) is 54.6 Å². The number of ether oxygens (including phenoxy) is 3. The summed E-state index contributed by atoms with van der Waals surface area (Å²) >= 11 is 0. The van der Waals surface area contributed by atoms with E-state index in [1.165, 1.54) is 27.8 Å². The Morgan fingerprint density at radius 3 is 2.65 bits per heavy atom. The maximum Gasteiger partial charge on any atom is 0.124 e. The van der Waals surface area contributed by atoms with E-state index in [9.17, 15) is 4.79 Å². The number of fused-ring (bicyclic) bond motifs is 1. The number of rotatable bonds is 11. The molecule has 1 atom stereocenters. The number of nitrogens with one attached hydrogen (secondary N) is 1. The van der Waals surface area contributed by atoms with E-state index in [0.29, 0.717) is 39.4 Å². The van der Waals surface area contributed by atoms with Crippen molar-refractivity contribution in [2.24, 2.45) is 0 Å². The SMILES string of the molecule is CCOCCOc1cc(C)c(-c2cccc(CNc3ccc4c(c3)OCC4CC=O)c2)c(C)c1. The Morgan fingerprint density at radius 2 is 1.88 bits per heavy atom. The first kappa shape index (κ1) is 23.8. The summed E-state index contributed by atoms with van der Waals surface area (Å²) in [6.07, 6.45) is 1.47. The van der Waals surface area contributed by atoms with E-state index in [1.807, 2.05) is 13.0 Å². The maximum atomic E-state index is 10.9. The van der Waals surface area contributed by atoms with E-state index in [2.05, 4.69) is 67.7 Å². The fourth-order valence-electron chi connectivity index (χ4n) is 4.56. The summed E-state index contributed by atoms with van der Waals surface area (Å²) in [4.78, 5) is 10.9. The van der Waals surface area contributed by atoms with Gasteiger partial charge in [0.05, 0.1) is 13.2 Å². The molecule has 0 aliphatic carbocycles. The number of aryl methyl sites for hydroxylation is 2. The summed E-state index contributed by atoms with van der Waals surface area (Å²) < 4.78 is 17.0. The van der Waals surface area contributed by atoms with Crippen molar-refractivity contribution in [2.45, 2.75) is 39.7 Å². The van der Waals surface area contributed by atoms with E-state index in [0.717, 1.165) is 29.0 Å². The topological polar surface area (TPSA) is 56.8 Å². The third kappa shape index (κ3) is 5.60. The number of anilines is 1. The van der Waals surface area contributed by atoms with Gasteiger partial charge >= 0.3 is 0 Å². The van der Waals surface area contributed by atoms with Gasteiger partial charge in [0, 0.05) is 42.8 Å². The molecule has 0 radical (unpaired) electrons. The third-order valence-electron chi connectivity index (χ3n) is 6.19. The molecular weight excluding hydrogens is 426 g/mol. The highest BCUT2D eigenvalue weighted by atomic mass is 16.5. The molecule has 0 aromatic heterocycles. The quantitative estimate of drug-likeness (QED) is 0.279. The summed E-state index contributed by atoms with van der Waals surface area (Å²) in [7, 11) is 0. The van der Waals surface area contributed by atoms with Gasteiger partial charge in [0.15, 0.2) is 0 Å². The van der Waals surface area contributed by atoms with Crippen molar-refractivity contribution in [3.05, 3.63) is 76.9 Å². The van der Waals surface area contributed by atoms with Crippen molar-refractivity contribution in [2.75, 3.05) is 31.7 Å². The van der Waals surface area contributed by atoms with Crippen LogP contribution in [0.25, 0.3) is 11.1 Å². The third-order valence-corrected chi connectivity index (χ3v) is 6.19. The minimum Gasteiger partial charge on any atom is -0.493 e. The zero-order valence-corrected chi connectivity index (χ0v) is 20.2. The lowest BCUT2D eigenvalue weighted by molar-refractivity contribution is -0.108. The van der Waals surface area contributed by atoms with Crippen LogP contribution in [0, 0.1) is 13.8 Å². The summed E-state index contributed by atoms with van der Waals surface area (Å²) in [5, 5.41) is 3.51. The van der Waals surface area contributed by atoms with Crippen molar-refractivity contribution >= 4 is 12.0 Å². The molecule has 34 heavy (non-hydrogen) atoms. The van der Waals surface area contributed by atoms with Crippen LogP contribution < -0.4 is 14.8 Å². The minimum absolute atomic E-state index is 0.172. The standard InChI is InChI=1S/C29H33NO4/c1-4-32-12-13-33-26-14-20(2)29(21(3)15-26)23-7-5-6-22(16-23)18-30-25-8-9-27-24(10-11-31)19-34-28(27)17-25/h5-9,11,14-17,24,30H,4,10,12-13,18-19H2,1-3H3. The lowest BCUT2D eigenvalue weighted by Crippen LogP contribution is -2.06. The van der Waals surface area contributed by atoms with Gasteiger partial charge in [-0.1, -0.05) is 24.3 Å². The van der Waals surface area contributed by atoms with Gasteiger partial charge in [-0.25, -0.2) is 0 Å². The zero-order valence-electron chi connectivity index (χ0n) is 20.2. The molecule has 0 fully saturated rings. The van der Waals surface area contributed by atoms with E-state index in [4.69, 9.17) is 14.2 Å². The molecule has 1 aliphatic rings. The first-order valence-corrected chi connectivity index (χ1v) is 11.9. The maximum absolute atomic E-state index is 10.9. The summed E-state index contributed by atoms with van der Waals surface area (Å²) in [6, 6.07) is 19.0. The molecule has 0 spiro atoms. The molecule has 0 saturated heterocycles. The first-order valence-electron chi connectivity index (χ1n) is 11.9. The van der Waals surface area contributed by atoms with Gasteiger partial charge in [-0.15, -0.1) is 0 Å². The Balaban J connectivity index is 1.44. The Morgan fingerprint density at radius 1 is 1.06 bits per heavy atom. The van der Waals surface area contributed by atoms with Crippen LogP contribution >= 0.6 is 0 Å². The molecule has 1 N–H and O–H groups in total. The lowest BCUT2D eigenvalue weighted by Gasteiger charge is -2.15. The van der Waals surface area contributed by atoms with E-state index >= 15 is 0 Å².